The second-order valence-corrected chi connectivity index (χ2v) is 13.6. The van der Waals surface area contributed by atoms with Gasteiger partial charge in [-0.2, -0.15) is 0 Å². The molecule has 0 radical (unpaired) electrons. The number of carbonyl (C=O) groups is 4. The number of hydrogen-bond acceptors (Lipinski definition) is 15. The number of nitrogen functional groups attached to an aromatic ring is 1. The van der Waals surface area contributed by atoms with Crippen molar-refractivity contribution in [3.63, 3.8) is 0 Å². The molecule has 6 N–H and O–H groups in total. The van der Waals surface area contributed by atoms with Gasteiger partial charge in [-0.25, -0.2) is 14.6 Å². The predicted octanol–water partition coefficient (Wildman–Crippen LogP) is -1.93. The van der Waals surface area contributed by atoms with Crippen LogP contribution in [0.5, 0.6) is 11.5 Å². The molecular formula is C24H17ClN5NaO10S4. The standard InChI is InChI=1S/C24H18ClN5O10S4.Na/c25-14-18(35)11(32)1-8-10(31)2-13(44-19(8)14)41-4-7-5-42-22-16(21(37)30(22)17(7)23(38)39)28-20(36)15(29-40-3-12(33)34)9-6-43-24(26)27-9;/h1-2,6,16,22,32,35H,3-5H2,(H2,26,27)(H,28,36)(H,33,34)(H,38,39);/q;+1/p-1/b29-15+;/t16-,22-;/m1./s1. The number of carbonyl (C=O) groups excluding carboxylic acids is 2. The van der Waals surface area contributed by atoms with Gasteiger partial charge in [-0.05, 0) is 5.57 Å². The number of aliphatic carboxylic acids is 2. The zero-order valence-corrected chi connectivity index (χ0v) is 28.7. The van der Waals surface area contributed by atoms with Gasteiger partial charge < -0.3 is 36.3 Å². The van der Waals surface area contributed by atoms with Gasteiger partial charge in [0.05, 0.1) is 13.9 Å². The molecule has 2 aromatic heterocycles. The third-order valence-corrected chi connectivity index (χ3v) is 11.1. The Labute approximate surface area is 295 Å². The summed E-state index contributed by atoms with van der Waals surface area (Å²) >= 11 is 10.4. The number of carboxylic acids is 2. The summed E-state index contributed by atoms with van der Waals surface area (Å²) in [4.78, 5) is 71.5. The number of anilines is 1. The summed E-state index contributed by atoms with van der Waals surface area (Å²) in [7, 11) is 0. The van der Waals surface area contributed by atoms with Gasteiger partial charge in [0, 0.05) is 28.3 Å². The second kappa shape index (κ2) is 14.2. The molecule has 5 rings (SSSR count). The summed E-state index contributed by atoms with van der Waals surface area (Å²) < 4.78 is 0.642. The minimum absolute atomic E-state index is 0. The number of nitrogens with one attached hydrogen (secondary N) is 1. The number of amides is 2. The molecule has 3 aromatic rings. The van der Waals surface area contributed by atoms with Crippen LogP contribution < -0.4 is 51.1 Å². The number of phenols is 1. The van der Waals surface area contributed by atoms with Crippen molar-refractivity contribution >= 4 is 102 Å². The number of fused-ring (bicyclic) bond motifs is 2. The molecule has 21 heteroatoms. The molecule has 45 heavy (non-hydrogen) atoms. The van der Waals surface area contributed by atoms with Crippen LogP contribution in [0.25, 0.3) is 10.1 Å². The van der Waals surface area contributed by atoms with Crippen LogP contribution in [-0.4, -0.2) is 84.2 Å². The van der Waals surface area contributed by atoms with Crippen LogP contribution in [0.2, 0.25) is 5.02 Å². The van der Waals surface area contributed by atoms with Crippen molar-refractivity contribution in [3.05, 3.63) is 49.7 Å². The zero-order chi connectivity index (χ0) is 31.9. The molecule has 2 aliphatic heterocycles. The largest absolute Gasteiger partial charge is 1.00 e. The van der Waals surface area contributed by atoms with Gasteiger partial charge >= 0.3 is 41.5 Å². The number of thiazole rings is 1. The van der Waals surface area contributed by atoms with E-state index in [2.05, 4.69) is 15.5 Å². The van der Waals surface area contributed by atoms with Gasteiger partial charge in [-0.15, -0.1) is 46.2 Å². The SMILES string of the molecule is Nc1nc(/C(=N\OCC(=O)O)C(=O)N[C@@H]2C(=O)N3C(C(=O)O)=C(CSc4cc(=O)c5cc([O-])c(O)c(Cl)c5s4)CS[C@H]23)cs1.[Na+]. The number of oxime groups is 1. The summed E-state index contributed by atoms with van der Waals surface area (Å²) in [6.07, 6.45) is 0. The topological polar surface area (TPSA) is 245 Å². The monoisotopic (exact) mass is 721 g/mol. The molecule has 2 aliphatic rings. The van der Waals surface area contributed by atoms with Crippen molar-refractivity contribution in [3.8, 4) is 11.5 Å². The third kappa shape index (κ3) is 7.04. The first-order chi connectivity index (χ1) is 20.9. The predicted molar refractivity (Wildman–Crippen MR) is 161 cm³/mol. The maximum Gasteiger partial charge on any atom is 1.00 e. The summed E-state index contributed by atoms with van der Waals surface area (Å²) in [6.45, 7) is -0.842. The molecule has 15 nitrogen and oxygen atoms in total. The smallest absolute Gasteiger partial charge is 0.870 e. The molecule has 0 saturated carbocycles. The maximum absolute atomic E-state index is 13.1. The molecule has 0 spiro atoms. The van der Waals surface area contributed by atoms with Crippen molar-refractivity contribution in [1.29, 1.82) is 0 Å². The van der Waals surface area contributed by atoms with E-state index in [1.54, 1.807) is 0 Å². The molecule has 0 bridgehead atoms. The van der Waals surface area contributed by atoms with Crippen LogP contribution in [0.1, 0.15) is 5.69 Å². The number of β-lactam (4-membered cyclic amide) rings is 1. The van der Waals surface area contributed by atoms with Crippen molar-refractivity contribution < 1.29 is 74.0 Å². The molecule has 2 atom stereocenters. The van der Waals surface area contributed by atoms with Crippen molar-refractivity contribution in [2.75, 3.05) is 23.8 Å². The van der Waals surface area contributed by atoms with Gasteiger partial charge in [-0.1, -0.05) is 28.6 Å². The average Bonchev–Trinajstić information content (AvgIpc) is 3.41. The van der Waals surface area contributed by atoms with Crippen molar-refractivity contribution in [1.82, 2.24) is 15.2 Å². The Morgan fingerprint density at radius 3 is 2.67 bits per heavy atom. The molecule has 4 heterocycles. The number of hydrogen-bond donors (Lipinski definition) is 5. The van der Waals surface area contributed by atoms with Crippen molar-refractivity contribution in [2.45, 2.75) is 15.6 Å². The first kappa shape index (κ1) is 34.8. The Hall–Kier alpha value is -3.04. The quantitative estimate of drug-likeness (QED) is 0.0504. The van der Waals surface area contributed by atoms with E-state index < -0.39 is 64.4 Å². The van der Waals surface area contributed by atoms with E-state index in [1.165, 1.54) is 23.2 Å². The molecule has 1 fully saturated rings. The minimum Gasteiger partial charge on any atom is -0.870 e. The van der Waals surface area contributed by atoms with Crippen LogP contribution in [0.3, 0.4) is 0 Å². The number of thioether (sulfide) groups is 2. The molecule has 0 unspecified atom stereocenters. The van der Waals surface area contributed by atoms with E-state index in [1.807, 2.05) is 0 Å². The van der Waals surface area contributed by atoms with E-state index in [0.29, 0.717) is 9.78 Å². The average molecular weight is 722 g/mol. The van der Waals surface area contributed by atoms with Crippen LogP contribution in [0.15, 0.2) is 42.9 Å². The number of nitrogens with zero attached hydrogens (tertiary/aromatic N) is 3. The summed E-state index contributed by atoms with van der Waals surface area (Å²) in [5.41, 5.74) is 4.81. The molecule has 1 aromatic carbocycles. The Morgan fingerprint density at radius 2 is 2.02 bits per heavy atom. The zero-order valence-electron chi connectivity index (χ0n) is 22.6. The fourth-order valence-corrected chi connectivity index (χ4v) is 8.75. The van der Waals surface area contributed by atoms with Gasteiger partial charge in [0.25, 0.3) is 11.8 Å². The molecular weight excluding hydrogens is 705 g/mol. The third-order valence-electron chi connectivity index (χ3n) is 6.13. The number of rotatable bonds is 10. The normalized spacial score (nSPS) is 17.8. The van der Waals surface area contributed by atoms with Crippen LogP contribution in [0, 0.1) is 0 Å². The first-order valence-electron chi connectivity index (χ1n) is 12.0. The molecule has 1 saturated heterocycles. The summed E-state index contributed by atoms with van der Waals surface area (Å²) in [5, 5.41) is 47.1. The number of carboxylic acid groups (broad SMARTS) is 2. The number of nitrogens with two attached hydrogens (primary N) is 1. The molecule has 2 amide bonds. The first-order valence-corrected chi connectivity index (χ1v) is 16.1. The Kier molecular flexibility index (Phi) is 11.0. The van der Waals surface area contributed by atoms with Crippen LogP contribution >= 0.6 is 57.8 Å². The number of aromatic nitrogens is 1. The van der Waals surface area contributed by atoms with Gasteiger partial charge in [-0.3, -0.25) is 19.3 Å². The fourth-order valence-electron chi connectivity index (χ4n) is 4.18. The van der Waals surface area contributed by atoms with Crippen LogP contribution in [-0.2, 0) is 24.0 Å². The minimum atomic E-state index is -1.37. The van der Waals surface area contributed by atoms with E-state index in [-0.39, 0.29) is 72.7 Å². The van der Waals surface area contributed by atoms with Crippen LogP contribution in [0.4, 0.5) is 5.13 Å². The molecule has 230 valence electrons. The van der Waals surface area contributed by atoms with E-state index in [0.717, 1.165) is 45.4 Å². The Bertz CT molecular complexity index is 1870. The fraction of sp³-hybridized carbons (Fsp3) is 0.208. The van der Waals surface area contributed by atoms with Crippen molar-refractivity contribution in [2.24, 2.45) is 5.16 Å². The van der Waals surface area contributed by atoms with E-state index in [9.17, 15) is 39.3 Å². The van der Waals surface area contributed by atoms with Gasteiger partial charge in [0.2, 0.25) is 6.61 Å². The maximum atomic E-state index is 13.1. The van der Waals surface area contributed by atoms with E-state index in [4.69, 9.17) is 27.3 Å². The van der Waals surface area contributed by atoms with Gasteiger partial charge in [0.1, 0.15) is 28.6 Å². The Balaban J connectivity index is 0.00000461. The van der Waals surface area contributed by atoms with Gasteiger partial charge in [0.15, 0.2) is 16.3 Å². The number of phenolic OH excluding ortho intramolecular Hbond substituents is 1. The van der Waals surface area contributed by atoms with E-state index >= 15 is 0 Å². The Morgan fingerprint density at radius 1 is 1.29 bits per heavy atom. The number of benzene rings is 1. The number of halogens is 1. The summed E-state index contributed by atoms with van der Waals surface area (Å²) in [6, 6.07) is 1.14. The molecule has 0 aliphatic carbocycles. The second-order valence-electron chi connectivity index (χ2n) is 8.93. The number of aromatic hydroxyl groups is 1. The summed E-state index contributed by atoms with van der Waals surface area (Å²) in [5.74, 6) is -5.54.